The van der Waals surface area contributed by atoms with E-state index in [1.165, 1.54) is 0 Å². The van der Waals surface area contributed by atoms with Crippen molar-refractivity contribution < 1.29 is 30.3 Å². The average molecular weight is 279 g/mol. The number of amides is 1. The largest absolute Gasteiger partial charge is 0.394 e. The van der Waals surface area contributed by atoms with Crippen LogP contribution in [0.1, 0.15) is 33.6 Å². The van der Waals surface area contributed by atoms with Crippen LogP contribution in [0.3, 0.4) is 0 Å². The van der Waals surface area contributed by atoms with Crippen molar-refractivity contribution in [1.82, 2.24) is 5.32 Å². The molecule has 0 aromatic carbocycles. The molecule has 0 saturated heterocycles. The first-order chi connectivity index (χ1) is 8.66. The molecule has 0 radical (unpaired) electrons. The number of carbonyl (C=O) groups excluding carboxylic acids is 1. The summed E-state index contributed by atoms with van der Waals surface area (Å²) in [6.45, 7) is 4.70. The molecule has 4 unspecified atom stereocenters. The van der Waals surface area contributed by atoms with E-state index in [-0.39, 0.29) is 0 Å². The van der Waals surface area contributed by atoms with E-state index in [0.717, 1.165) is 6.42 Å². The second kappa shape index (κ2) is 7.76. The molecule has 0 fully saturated rings. The minimum atomic E-state index is -1.88. The van der Waals surface area contributed by atoms with Crippen molar-refractivity contribution in [3.63, 3.8) is 0 Å². The summed E-state index contributed by atoms with van der Waals surface area (Å²) in [6, 6.07) is 0. The Morgan fingerprint density at radius 1 is 1.16 bits per heavy atom. The molecule has 0 heterocycles. The van der Waals surface area contributed by atoms with Crippen molar-refractivity contribution in [2.45, 2.75) is 63.6 Å². The topological polar surface area (TPSA) is 130 Å². The lowest BCUT2D eigenvalue weighted by Crippen LogP contribution is -2.55. The Balaban J connectivity index is 4.56. The first-order valence-corrected chi connectivity index (χ1v) is 6.31. The van der Waals surface area contributed by atoms with Gasteiger partial charge in [0.1, 0.15) is 18.3 Å². The lowest BCUT2D eigenvalue weighted by Gasteiger charge is -2.30. The number of carbonyl (C=O) groups is 1. The fourth-order valence-electron chi connectivity index (χ4n) is 1.77. The molecule has 6 N–H and O–H groups in total. The van der Waals surface area contributed by atoms with Crippen LogP contribution in [-0.4, -0.2) is 68.0 Å². The van der Waals surface area contributed by atoms with Gasteiger partial charge in [0, 0.05) is 5.54 Å². The van der Waals surface area contributed by atoms with Crippen molar-refractivity contribution in [3.8, 4) is 0 Å². The van der Waals surface area contributed by atoms with E-state index in [2.05, 4.69) is 5.32 Å². The van der Waals surface area contributed by atoms with Crippen LogP contribution in [-0.2, 0) is 4.79 Å². The van der Waals surface area contributed by atoms with Crippen LogP contribution < -0.4 is 5.32 Å². The third-order valence-electron chi connectivity index (χ3n) is 2.86. The predicted octanol–water partition coefficient (Wildman–Crippen LogP) is -1.88. The number of nitrogens with one attached hydrogen (secondary N) is 1. The molecule has 0 bridgehead atoms. The summed E-state index contributed by atoms with van der Waals surface area (Å²) in [5.41, 5.74) is -0.549. The summed E-state index contributed by atoms with van der Waals surface area (Å²) >= 11 is 0. The highest BCUT2D eigenvalue weighted by Gasteiger charge is 2.35. The highest BCUT2D eigenvalue weighted by atomic mass is 16.4. The third kappa shape index (κ3) is 5.84. The number of hydrogen-bond acceptors (Lipinski definition) is 6. The second-order valence-corrected chi connectivity index (χ2v) is 5.30. The summed E-state index contributed by atoms with van der Waals surface area (Å²) in [5.74, 6) is -0.838. The van der Waals surface area contributed by atoms with Crippen LogP contribution in [0, 0.1) is 0 Å². The monoisotopic (exact) mass is 279 g/mol. The average Bonchev–Trinajstić information content (AvgIpc) is 2.34. The van der Waals surface area contributed by atoms with Gasteiger partial charge >= 0.3 is 0 Å². The molecule has 7 nitrogen and oxygen atoms in total. The molecule has 1 amide bonds. The molecule has 0 spiro atoms. The van der Waals surface area contributed by atoms with Crippen molar-refractivity contribution in [2.75, 3.05) is 6.61 Å². The first-order valence-electron chi connectivity index (χ1n) is 6.31. The Hall–Kier alpha value is -0.730. The zero-order valence-corrected chi connectivity index (χ0v) is 11.6. The van der Waals surface area contributed by atoms with Gasteiger partial charge in [-0.2, -0.15) is 0 Å². The van der Waals surface area contributed by atoms with Crippen molar-refractivity contribution >= 4 is 5.91 Å². The number of hydrogen-bond donors (Lipinski definition) is 6. The van der Waals surface area contributed by atoms with Gasteiger partial charge in [-0.25, -0.2) is 0 Å². The van der Waals surface area contributed by atoms with E-state index < -0.39 is 42.5 Å². The van der Waals surface area contributed by atoms with Crippen molar-refractivity contribution in [1.29, 1.82) is 0 Å². The molecule has 0 aliphatic carbocycles. The van der Waals surface area contributed by atoms with Gasteiger partial charge in [0.25, 0.3) is 5.91 Å². The van der Waals surface area contributed by atoms with Gasteiger partial charge in [-0.3, -0.25) is 4.79 Å². The van der Waals surface area contributed by atoms with Crippen LogP contribution in [0.2, 0.25) is 0 Å². The van der Waals surface area contributed by atoms with Crippen LogP contribution in [0.15, 0.2) is 0 Å². The molecule has 7 heteroatoms. The maximum Gasteiger partial charge on any atom is 0.252 e. The minimum Gasteiger partial charge on any atom is -0.394 e. The number of aliphatic hydroxyl groups excluding tert-OH is 5. The summed E-state index contributed by atoms with van der Waals surface area (Å²) < 4.78 is 0. The van der Waals surface area contributed by atoms with E-state index >= 15 is 0 Å². The lowest BCUT2D eigenvalue weighted by atomic mass is 9.97. The van der Waals surface area contributed by atoms with Gasteiger partial charge < -0.3 is 30.8 Å². The van der Waals surface area contributed by atoms with Crippen molar-refractivity contribution in [3.05, 3.63) is 0 Å². The Morgan fingerprint density at radius 2 is 1.68 bits per heavy atom. The van der Waals surface area contributed by atoms with Gasteiger partial charge in [0.2, 0.25) is 0 Å². The maximum absolute atomic E-state index is 11.7. The Kier molecular flexibility index (Phi) is 7.46. The van der Waals surface area contributed by atoms with Crippen LogP contribution in [0.4, 0.5) is 0 Å². The molecule has 0 aromatic heterocycles. The fraction of sp³-hybridized carbons (Fsp3) is 0.917. The quantitative estimate of drug-likeness (QED) is 0.308. The summed E-state index contributed by atoms with van der Waals surface area (Å²) in [5, 5.41) is 48.9. The van der Waals surface area contributed by atoms with Gasteiger partial charge in [0.15, 0.2) is 6.10 Å². The molecule has 4 atom stereocenters. The van der Waals surface area contributed by atoms with Crippen molar-refractivity contribution in [2.24, 2.45) is 0 Å². The predicted molar refractivity (Wildman–Crippen MR) is 68.2 cm³/mol. The minimum absolute atomic E-state index is 0.549. The molecule has 19 heavy (non-hydrogen) atoms. The molecule has 0 aromatic rings. The normalized spacial score (nSPS) is 18.5. The molecular weight excluding hydrogens is 254 g/mol. The zero-order chi connectivity index (χ0) is 15.2. The third-order valence-corrected chi connectivity index (χ3v) is 2.86. The van der Waals surface area contributed by atoms with Crippen LogP contribution in [0.5, 0.6) is 0 Å². The Labute approximate surface area is 112 Å². The van der Waals surface area contributed by atoms with Crippen LogP contribution in [0.25, 0.3) is 0 Å². The van der Waals surface area contributed by atoms with Gasteiger partial charge in [-0.15, -0.1) is 0 Å². The Bertz CT molecular complexity index is 283. The zero-order valence-electron chi connectivity index (χ0n) is 11.6. The fourth-order valence-corrected chi connectivity index (χ4v) is 1.77. The SMILES string of the molecule is CCCC(C)(C)NC(=O)C(O)C(O)C(O)C(O)CO. The highest BCUT2D eigenvalue weighted by Crippen LogP contribution is 2.12. The van der Waals surface area contributed by atoms with Gasteiger partial charge in [-0.1, -0.05) is 13.3 Å². The Morgan fingerprint density at radius 3 is 2.11 bits per heavy atom. The van der Waals surface area contributed by atoms with E-state index in [0.29, 0.717) is 6.42 Å². The molecular formula is C12H25NO6. The standard InChI is InChI=1S/C12H25NO6/c1-4-5-12(2,3)13-11(19)10(18)9(17)8(16)7(15)6-14/h7-10,14-18H,4-6H2,1-3H3,(H,13,19). The van der Waals surface area contributed by atoms with E-state index in [1.807, 2.05) is 6.92 Å². The van der Waals surface area contributed by atoms with Crippen LogP contribution >= 0.6 is 0 Å². The summed E-state index contributed by atoms with van der Waals surface area (Å²) in [6.07, 6.45) is -5.67. The molecule has 0 aliphatic heterocycles. The van der Waals surface area contributed by atoms with Gasteiger partial charge in [0.05, 0.1) is 6.61 Å². The highest BCUT2D eigenvalue weighted by molar-refractivity contribution is 5.81. The van der Waals surface area contributed by atoms with Gasteiger partial charge in [-0.05, 0) is 20.3 Å². The summed E-state index contributed by atoms with van der Waals surface area (Å²) in [4.78, 5) is 11.7. The number of rotatable bonds is 8. The molecule has 0 rings (SSSR count). The molecule has 114 valence electrons. The molecule has 0 aliphatic rings. The van der Waals surface area contributed by atoms with E-state index in [1.54, 1.807) is 13.8 Å². The first kappa shape index (κ1) is 18.3. The summed E-state index contributed by atoms with van der Waals surface area (Å²) in [7, 11) is 0. The molecule has 0 saturated carbocycles. The lowest BCUT2D eigenvalue weighted by molar-refractivity contribution is -0.150. The van der Waals surface area contributed by atoms with E-state index in [9.17, 15) is 20.1 Å². The maximum atomic E-state index is 11.7. The van der Waals surface area contributed by atoms with E-state index in [4.69, 9.17) is 10.2 Å². The second-order valence-electron chi connectivity index (χ2n) is 5.30. The number of aliphatic hydroxyl groups is 5. The smallest absolute Gasteiger partial charge is 0.252 e.